The summed E-state index contributed by atoms with van der Waals surface area (Å²) in [7, 11) is 0. The number of aliphatic imine (C=N–C) groups is 1. The van der Waals surface area contributed by atoms with Crippen LogP contribution in [0.2, 0.25) is 0 Å². The molecule has 0 bridgehead atoms. The summed E-state index contributed by atoms with van der Waals surface area (Å²) in [5.41, 5.74) is 3.75. The van der Waals surface area contributed by atoms with Crippen LogP contribution in [-0.2, 0) is 0 Å². The highest BCUT2D eigenvalue weighted by atomic mass is 32.2. The van der Waals surface area contributed by atoms with Gasteiger partial charge in [0.1, 0.15) is 5.04 Å². The van der Waals surface area contributed by atoms with E-state index in [1.165, 1.54) is 17.3 Å². The number of carbonyl (C=O) groups is 1. The van der Waals surface area contributed by atoms with Crippen molar-refractivity contribution in [2.45, 2.75) is 6.92 Å². The number of nitrogens with zero attached hydrogens (tertiary/aromatic N) is 1. The van der Waals surface area contributed by atoms with Crippen LogP contribution >= 0.6 is 11.8 Å². The third-order valence-electron chi connectivity index (χ3n) is 2.80. The van der Waals surface area contributed by atoms with Crippen molar-refractivity contribution in [1.82, 2.24) is 0 Å². The van der Waals surface area contributed by atoms with E-state index in [2.05, 4.69) is 4.99 Å². The molecule has 2 aromatic rings. The molecule has 0 amide bonds. The minimum Gasteiger partial charge on any atom is -0.281 e. The number of fused-ring (bicyclic) bond motifs is 1. The van der Waals surface area contributed by atoms with E-state index in [0.717, 1.165) is 21.9 Å². The van der Waals surface area contributed by atoms with Crippen LogP contribution in [0, 0.1) is 6.92 Å². The molecule has 3 rings (SSSR count). The Hall–Kier alpha value is -1.87. The molecule has 1 aliphatic heterocycles. The normalized spacial score (nSPS) is 16.1. The van der Waals surface area contributed by atoms with Gasteiger partial charge in [-0.1, -0.05) is 30.3 Å². The van der Waals surface area contributed by atoms with Crippen molar-refractivity contribution in [3.63, 3.8) is 0 Å². The predicted octanol–water partition coefficient (Wildman–Crippen LogP) is 3.96. The molecule has 0 unspecified atom stereocenters. The van der Waals surface area contributed by atoms with Crippen molar-refractivity contribution < 1.29 is 4.79 Å². The summed E-state index contributed by atoms with van der Waals surface area (Å²) < 4.78 is 0. The first-order valence-corrected chi connectivity index (χ1v) is 6.52. The van der Waals surface area contributed by atoms with Gasteiger partial charge in [-0.25, -0.2) is 4.99 Å². The van der Waals surface area contributed by atoms with Crippen LogP contribution in [0.4, 0.5) is 5.69 Å². The first-order valence-electron chi connectivity index (χ1n) is 5.71. The number of hydrogen-bond donors (Lipinski definition) is 0. The Kier molecular flexibility index (Phi) is 2.76. The van der Waals surface area contributed by atoms with Gasteiger partial charge in [0, 0.05) is 11.1 Å². The molecule has 18 heavy (non-hydrogen) atoms. The van der Waals surface area contributed by atoms with E-state index >= 15 is 0 Å². The molecule has 0 aliphatic carbocycles. The van der Waals surface area contributed by atoms with Gasteiger partial charge in [0.2, 0.25) is 5.12 Å². The Labute approximate surface area is 110 Å². The van der Waals surface area contributed by atoms with Crippen LogP contribution in [0.3, 0.4) is 0 Å². The maximum atomic E-state index is 11.8. The molecule has 0 atom stereocenters. The number of rotatable bonds is 1. The summed E-state index contributed by atoms with van der Waals surface area (Å²) in [4.78, 5) is 16.4. The molecule has 2 aromatic carbocycles. The van der Waals surface area contributed by atoms with Gasteiger partial charge < -0.3 is 0 Å². The molecular formula is C15H11NOS. The maximum Gasteiger partial charge on any atom is 0.226 e. The molecule has 0 saturated heterocycles. The highest BCUT2D eigenvalue weighted by molar-refractivity contribution is 8.27. The number of thioether (sulfide) groups is 1. The first-order chi connectivity index (χ1) is 8.74. The standard InChI is InChI=1S/C15H11NOS/c1-10-5-4-6-11(9-10)16-14-12-7-2-3-8-13(12)15(17)18-14/h2-9H,1H3. The van der Waals surface area contributed by atoms with Crippen molar-refractivity contribution >= 4 is 27.6 Å². The fourth-order valence-electron chi connectivity index (χ4n) is 1.94. The Morgan fingerprint density at radius 3 is 2.56 bits per heavy atom. The third kappa shape index (κ3) is 1.97. The lowest BCUT2D eigenvalue weighted by Crippen LogP contribution is -1.90. The largest absolute Gasteiger partial charge is 0.281 e. The Morgan fingerprint density at radius 1 is 1.00 bits per heavy atom. The molecule has 2 nitrogen and oxygen atoms in total. The monoisotopic (exact) mass is 253 g/mol. The lowest BCUT2D eigenvalue weighted by Gasteiger charge is -1.99. The second kappa shape index (κ2) is 4.42. The lowest BCUT2D eigenvalue weighted by molar-refractivity contribution is 0.109. The van der Waals surface area contributed by atoms with Crippen molar-refractivity contribution in [1.29, 1.82) is 0 Å². The van der Waals surface area contributed by atoms with Crippen LogP contribution in [-0.4, -0.2) is 10.2 Å². The first kappa shape index (κ1) is 11.2. The van der Waals surface area contributed by atoms with E-state index in [9.17, 15) is 4.79 Å². The average molecular weight is 253 g/mol. The number of carbonyl (C=O) groups excluding carboxylic acids is 1. The van der Waals surface area contributed by atoms with Crippen molar-refractivity contribution in [2.24, 2.45) is 4.99 Å². The van der Waals surface area contributed by atoms with Crippen LogP contribution in [0.5, 0.6) is 0 Å². The second-order valence-corrected chi connectivity index (χ2v) is 5.15. The van der Waals surface area contributed by atoms with E-state index in [1.807, 2.05) is 55.5 Å². The number of benzene rings is 2. The van der Waals surface area contributed by atoms with Gasteiger partial charge in [-0.05, 0) is 42.4 Å². The molecule has 1 aliphatic rings. The van der Waals surface area contributed by atoms with Crippen LogP contribution in [0.15, 0.2) is 53.5 Å². The van der Waals surface area contributed by atoms with Gasteiger partial charge in [-0.2, -0.15) is 0 Å². The smallest absolute Gasteiger partial charge is 0.226 e. The van der Waals surface area contributed by atoms with E-state index in [4.69, 9.17) is 0 Å². The molecule has 0 saturated carbocycles. The average Bonchev–Trinajstić information content (AvgIpc) is 2.67. The summed E-state index contributed by atoms with van der Waals surface area (Å²) in [6.45, 7) is 2.03. The fraction of sp³-hybridized carbons (Fsp3) is 0.0667. The number of aryl methyl sites for hydroxylation is 1. The maximum absolute atomic E-state index is 11.8. The van der Waals surface area contributed by atoms with Crippen LogP contribution in [0.25, 0.3) is 0 Å². The van der Waals surface area contributed by atoms with Gasteiger partial charge in [0.15, 0.2) is 0 Å². The molecule has 88 valence electrons. The van der Waals surface area contributed by atoms with Gasteiger partial charge in [-0.15, -0.1) is 0 Å². The Bertz CT molecular complexity index is 661. The lowest BCUT2D eigenvalue weighted by atomic mass is 10.1. The van der Waals surface area contributed by atoms with Crippen molar-refractivity contribution in [2.75, 3.05) is 0 Å². The molecule has 0 radical (unpaired) electrons. The zero-order chi connectivity index (χ0) is 12.5. The van der Waals surface area contributed by atoms with Gasteiger partial charge in [0.05, 0.1) is 5.69 Å². The summed E-state index contributed by atoms with van der Waals surface area (Å²) in [5.74, 6) is 0. The summed E-state index contributed by atoms with van der Waals surface area (Å²) in [5, 5.41) is 0.873. The zero-order valence-electron chi connectivity index (χ0n) is 9.88. The summed E-state index contributed by atoms with van der Waals surface area (Å²) >= 11 is 1.21. The van der Waals surface area contributed by atoms with Crippen LogP contribution in [0.1, 0.15) is 21.5 Å². The Balaban J connectivity index is 2.07. The van der Waals surface area contributed by atoms with Crippen molar-refractivity contribution in [3.05, 3.63) is 65.2 Å². The van der Waals surface area contributed by atoms with E-state index in [-0.39, 0.29) is 5.12 Å². The molecule has 0 fully saturated rings. The SMILES string of the molecule is Cc1cccc(N=C2SC(=O)c3ccccc32)c1. The van der Waals surface area contributed by atoms with E-state index in [1.54, 1.807) is 0 Å². The van der Waals surface area contributed by atoms with Gasteiger partial charge >= 0.3 is 0 Å². The predicted molar refractivity (Wildman–Crippen MR) is 75.7 cm³/mol. The quantitative estimate of drug-likeness (QED) is 0.769. The third-order valence-corrected chi connectivity index (χ3v) is 3.71. The highest BCUT2D eigenvalue weighted by Gasteiger charge is 2.25. The van der Waals surface area contributed by atoms with Gasteiger partial charge in [-0.3, -0.25) is 4.79 Å². The van der Waals surface area contributed by atoms with Crippen molar-refractivity contribution in [3.8, 4) is 0 Å². The molecule has 1 heterocycles. The Morgan fingerprint density at radius 2 is 1.78 bits per heavy atom. The van der Waals surface area contributed by atoms with E-state index in [0.29, 0.717) is 0 Å². The zero-order valence-corrected chi connectivity index (χ0v) is 10.7. The minimum atomic E-state index is 0.0806. The van der Waals surface area contributed by atoms with Crippen LogP contribution < -0.4 is 0 Å². The molecule has 0 N–H and O–H groups in total. The minimum absolute atomic E-state index is 0.0806. The topological polar surface area (TPSA) is 29.4 Å². The summed E-state index contributed by atoms with van der Waals surface area (Å²) in [6, 6.07) is 15.6. The molecule has 0 aromatic heterocycles. The van der Waals surface area contributed by atoms with E-state index < -0.39 is 0 Å². The fourth-order valence-corrected chi connectivity index (χ4v) is 2.85. The molecular weight excluding hydrogens is 242 g/mol. The molecule has 3 heteroatoms. The van der Waals surface area contributed by atoms with Gasteiger partial charge in [0.25, 0.3) is 0 Å². The highest BCUT2D eigenvalue weighted by Crippen LogP contribution is 2.32. The second-order valence-electron chi connectivity index (χ2n) is 4.19. The summed E-state index contributed by atoms with van der Waals surface area (Å²) in [6.07, 6.45) is 0. The number of hydrogen-bond acceptors (Lipinski definition) is 3. The molecule has 0 spiro atoms.